The van der Waals surface area contributed by atoms with E-state index in [-0.39, 0.29) is 5.91 Å². The van der Waals surface area contributed by atoms with Gasteiger partial charge in [-0.2, -0.15) is 0 Å². The summed E-state index contributed by atoms with van der Waals surface area (Å²) < 4.78 is 6.39. The number of ether oxygens (including phenoxy) is 1. The van der Waals surface area contributed by atoms with E-state index in [1.165, 1.54) is 0 Å². The number of fused-ring (bicyclic) bond motifs is 1. The normalized spacial score (nSPS) is 14.1. The topological polar surface area (TPSA) is 29.5 Å². The van der Waals surface area contributed by atoms with E-state index < -0.39 is 0 Å². The molecule has 108 valence electrons. The summed E-state index contributed by atoms with van der Waals surface area (Å²) in [7, 11) is 0. The van der Waals surface area contributed by atoms with Crippen molar-refractivity contribution < 1.29 is 9.53 Å². The van der Waals surface area contributed by atoms with Crippen LogP contribution in [-0.2, 0) is 6.54 Å². The van der Waals surface area contributed by atoms with E-state index in [9.17, 15) is 4.79 Å². The van der Waals surface area contributed by atoms with Gasteiger partial charge < -0.3 is 9.64 Å². The fourth-order valence-electron chi connectivity index (χ4n) is 2.33. The minimum Gasteiger partial charge on any atom is -0.491 e. The van der Waals surface area contributed by atoms with Gasteiger partial charge in [-0.15, -0.1) is 0 Å². The third-order valence-electron chi connectivity index (χ3n) is 3.40. The van der Waals surface area contributed by atoms with Gasteiger partial charge in [-0.05, 0) is 40.2 Å². The summed E-state index contributed by atoms with van der Waals surface area (Å²) in [5.74, 6) is 0.821. The Morgan fingerprint density at radius 1 is 1.24 bits per heavy atom. The number of carbonyl (C=O) groups is 1. The Kier molecular flexibility index (Phi) is 4.17. The number of amides is 1. The number of nitrogens with zero attached hydrogens (tertiary/aromatic N) is 1. The van der Waals surface area contributed by atoms with Gasteiger partial charge in [-0.3, -0.25) is 4.79 Å². The van der Waals surface area contributed by atoms with Gasteiger partial charge in [0.15, 0.2) is 0 Å². The first-order chi connectivity index (χ1) is 10.1. The van der Waals surface area contributed by atoms with E-state index in [2.05, 4.69) is 15.9 Å². The maximum Gasteiger partial charge on any atom is 0.255 e. The molecule has 0 fully saturated rings. The lowest BCUT2D eigenvalue weighted by atomic mass is 10.1. The van der Waals surface area contributed by atoms with Crippen molar-refractivity contribution in [3.05, 3.63) is 63.1 Å². The molecule has 3 rings (SSSR count). The number of rotatable bonds is 1. The van der Waals surface area contributed by atoms with Gasteiger partial charge in [0.05, 0.1) is 12.1 Å². The molecular weight excluding hydrogens is 354 g/mol. The first-order valence-electron chi connectivity index (χ1n) is 6.60. The maximum atomic E-state index is 12.7. The van der Waals surface area contributed by atoms with Crippen LogP contribution in [0.15, 0.2) is 46.9 Å². The standard InChI is InChI=1S/C16H13BrClNO2/c17-14-9-12(18)5-6-13(14)16(20)19-7-8-21-15-4-2-1-3-11(15)10-19/h1-6,9H,7-8,10H2. The second kappa shape index (κ2) is 6.08. The molecule has 0 bridgehead atoms. The van der Waals surface area contributed by atoms with Crippen LogP contribution in [0, 0.1) is 0 Å². The van der Waals surface area contributed by atoms with E-state index in [1.807, 2.05) is 24.3 Å². The molecule has 2 aromatic rings. The van der Waals surface area contributed by atoms with Crippen LogP contribution < -0.4 is 4.74 Å². The van der Waals surface area contributed by atoms with Crippen molar-refractivity contribution in [2.24, 2.45) is 0 Å². The zero-order valence-corrected chi connectivity index (χ0v) is 13.5. The molecule has 0 radical (unpaired) electrons. The smallest absolute Gasteiger partial charge is 0.255 e. The summed E-state index contributed by atoms with van der Waals surface area (Å²) in [6, 6.07) is 13.0. The summed E-state index contributed by atoms with van der Waals surface area (Å²) >= 11 is 9.33. The highest BCUT2D eigenvalue weighted by Crippen LogP contribution is 2.26. The summed E-state index contributed by atoms with van der Waals surface area (Å²) in [6.07, 6.45) is 0. The van der Waals surface area contributed by atoms with Crippen LogP contribution in [0.3, 0.4) is 0 Å². The summed E-state index contributed by atoms with van der Waals surface area (Å²) in [5, 5.41) is 0.600. The molecule has 2 aromatic carbocycles. The van der Waals surface area contributed by atoms with E-state index in [0.717, 1.165) is 11.3 Å². The molecule has 21 heavy (non-hydrogen) atoms. The van der Waals surface area contributed by atoms with Gasteiger partial charge in [-0.1, -0.05) is 29.8 Å². The molecule has 0 aromatic heterocycles. The quantitative estimate of drug-likeness (QED) is 0.759. The summed E-state index contributed by atoms with van der Waals surface area (Å²) in [6.45, 7) is 1.60. The number of para-hydroxylation sites is 1. The lowest BCUT2D eigenvalue weighted by Gasteiger charge is -2.20. The van der Waals surface area contributed by atoms with Crippen LogP contribution in [0.2, 0.25) is 5.02 Å². The molecule has 1 amide bonds. The lowest BCUT2D eigenvalue weighted by molar-refractivity contribution is 0.0732. The largest absolute Gasteiger partial charge is 0.491 e. The molecule has 0 N–H and O–H groups in total. The summed E-state index contributed by atoms with van der Waals surface area (Å²) in [5.41, 5.74) is 1.63. The highest BCUT2D eigenvalue weighted by molar-refractivity contribution is 9.10. The van der Waals surface area contributed by atoms with E-state index in [1.54, 1.807) is 23.1 Å². The number of carbonyl (C=O) groups excluding carboxylic acids is 1. The Balaban J connectivity index is 1.88. The second-order valence-corrected chi connectivity index (χ2v) is 6.10. The van der Waals surface area contributed by atoms with Gasteiger partial charge in [0.1, 0.15) is 12.4 Å². The van der Waals surface area contributed by atoms with Crippen LogP contribution >= 0.6 is 27.5 Å². The molecule has 1 aliphatic rings. The highest BCUT2D eigenvalue weighted by Gasteiger charge is 2.22. The van der Waals surface area contributed by atoms with Gasteiger partial charge in [0.2, 0.25) is 0 Å². The third kappa shape index (κ3) is 3.06. The van der Waals surface area contributed by atoms with Crippen LogP contribution in [0.4, 0.5) is 0 Å². The van der Waals surface area contributed by atoms with E-state index in [0.29, 0.717) is 34.8 Å². The molecule has 5 heteroatoms. The van der Waals surface area contributed by atoms with Crippen LogP contribution in [0.5, 0.6) is 5.75 Å². The Labute approximate surface area is 136 Å². The molecule has 0 saturated heterocycles. The minimum atomic E-state index is -0.0288. The third-order valence-corrected chi connectivity index (χ3v) is 4.29. The molecule has 1 aliphatic heterocycles. The van der Waals surface area contributed by atoms with Crippen molar-refractivity contribution in [3.63, 3.8) is 0 Å². The minimum absolute atomic E-state index is 0.0288. The number of halogens is 2. The maximum absolute atomic E-state index is 12.7. The molecule has 0 atom stereocenters. The van der Waals surface area contributed by atoms with Crippen LogP contribution in [0.1, 0.15) is 15.9 Å². The van der Waals surface area contributed by atoms with Crippen molar-refractivity contribution >= 4 is 33.4 Å². The van der Waals surface area contributed by atoms with Crippen molar-refractivity contribution in [1.29, 1.82) is 0 Å². The first-order valence-corrected chi connectivity index (χ1v) is 7.77. The number of benzene rings is 2. The monoisotopic (exact) mass is 365 g/mol. The molecule has 1 heterocycles. The Hall–Kier alpha value is -1.52. The predicted octanol–water partition coefficient (Wildman–Crippen LogP) is 4.14. The Bertz CT molecular complexity index is 690. The van der Waals surface area contributed by atoms with E-state index in [4.69, 9.17) is 16.3 Å². The average molecular weight is 367 g/mol. The fourth-order valence-corrected chi connectivity index (χ4v) is 3.18. The molecule has 0 aliphatic carbocycles. The van der Waals surface area contributed by atoms with Crippen LogP contribution in [0.25, 0.3) is 0 Å². The first kappa shape index (κ1) is 14.4. The molecule has 0 unspecified atom stereocenters. The zero-order valence-electron chi connectivity index (χ0n) is 11.2. The van der Waals surface area contributed by atoms with Gasteiger partial charge >= 0.3 is 0 Å². The van der Waals surface area contributed by atoms with Gasteiger partial charge in [0, 0.05) is 21.6 Å². The molecule has 0 saturated carbocycles. The molecule has 0 spiro atoms. The predicted molar refractivity (Wildman–Crippen MR) is 85.8 cm³/mol. The Morgan fingerprint density at radius 2 is 2.05 bits per heavy atom. The van der Waals surface area contributed by atoms with Crippen molar-refractivity contribution in [1.82, 2.24) is 4.90 Å². The highest BCUT2D eigenvalue weighted by atomic mass is 79.9. The van der Waals surface area contributed by atoms with Gasteiger partial charge in [-0.25, -0.2) is 0 Å². The number of hydrogen-bond donors (Lipinski definition) is 0. The average Bonchev–Trinajstić information content (AvgIpc) is 2.68. The Morgan fingerprint density at radius 3 is 2.86 bits per heavy atom. The second-order valence-electron chi connectivity index (χ2n) is 4.81. The summed E-state index contributed by atoms with van der Waals surface area (Å²) in [4.78, 5) is 14.5. The van der Waals surface area contributed by atoms with Crippen LogP contribution in [-0.4, -0.2) is 24.0 Å². The van der Waals surface area contributed by atoms with Crippen molar-refractivity contribution in [2.75, 3.05) is 13.2 Å². The number of hydrogen-bond acceptors (Lipinski definition) is 2. The molecular formula is C16H13BrClNO2. The van der Waals surface area contributed by atoms with Crippen molar-refractivity contribution in [3.8, 4) is 5.75 Å². The van der Waals surface area contributed by atoms with Gasteiger partial charge in [0.25, 0.3) is 5.91 Å². The van der Waals surface area contributed by atoms with Crippen molar-refractivity contribution in [2.45, 2.75) is 6.54 Å². The zero-order chi connectivity index (χ0) is 14.8. The van der Waals surface area contributed by atoms with E-state index >= 15 is 0 Å². The molecule has 3 nitrogen and oxygen atoms in total. The lowest BCUT2D eigenvalue weighted by Crippen LogP contribution is -2.32. The SMILES string of the molecule is O=C(c1ccc(Cl)cc1Br)N1CCOc2ccccc2C1. The fraction of sp³-hybridized carbons (Fsp3) is 0.188.